The molecule has 0 saturated carbocycles. The molecule has 0 unspecified atom stereocenters. The van der Waals surface area contributed by atoms with E-state index in [4.69, 9.17) is 21.1 Å². The normalized spacial score (nSPS) is 11.0. The van der Waals surface area contributed by atoms with Crippen LogP contribution < -0.4 is 9.47 Å². The molecule has 0 fully saturated rings. The number of methoxy groups -OCH3 is 2. The van der Waals surface area contributed by atoms with Crippen molar-refractivity contribution in [2.45, 2.75) is 0 Å². The molecule has 7 heteroatoms. The number of pyridine rings is 1. The Kier molecular flexibility index (Phi) is 5.04. The number of non-ortho nitro benzene ring substituents is 1. The molecule has 2 aromatic carbocycles. The summed E-state index contributed by atoms with van der Waals surface area (Å²) in [5.74, 6) is 0.979. The number of rotatable bonds is 5. The van der Waals surface area contributed by atoms with Gasteiger partial charge in [0.15, 0.2) is 11.5 Å². The number of para-hydroxylation sites is 1. The van der Waals surface area contributed by atoms with Gasteiger partial charge >= 0.3 is 0 Å². The van der Waals surface area contributed by atoms with Crippen molar-refractivity contribution in [3.05, 3.63) is 68.9 Å². The molecule has 3 aromatic rings. The predicted octanol–water partition coefficient (Wildman–Crippen LogP) is 4.98. The SMILES string of the molecule is COc1cc(/C=C/c2ccc3cccc([N+](=O)[O-])c3n2)cc(Cl)c1OC. The van der Waals surface area contributed by atoms with Gasteiger partial charge in [-0.15, -0.1) is 0 Å². The number of aromatic nitrogens is 1. The lowest BCUT2D eigenvalue weighted by Crippen LogP contribution is -1.93. The fourth-order valence-corrected chi connectivity index (χ4v) is 2.90. The molecule has 3 rings (SSSR count). The van der Waals surface area contributed by atoms with Crippen LogP contribution in [-0.4, -0.2) is 24.1 Å². The molecule has 6 nitrogen and oxygen atoms in total. The summed E-state index contributed by atoms with van der Waals surface area (Å²) >= 11 is 6.20. The monoisotopic (exact) mass is 370 g/mol. The summed E-state index contributed by atoms with van der Waals surface area (Å²) in [6.07, 6.45) is 3.56. The Morgan fingerprint density at radius 1 is 1.12 bits per heavy atom. The third kappa shape index (κ3) is 3.45. The molecule has 0 aliphatic heterocycles. The zero-order valence-corrected chi connectivity index (χ0v) is 14.9. The molecule has 26 heavy (non-hydrogen) atoms. The third-order valence-electron chi connectivity index (χ3n) is 3.82. The van der Waals surface area contributed by atoms with Crippen molar-refractivity contribution < 1.29 is 14.4 Å². The second-order valence-electron chi connectivity index (χ2n) is 5.41. The molecule has 1 aromatic heterocycles. The molecule has 0 amide bonds. The van der Waals surface area contributed by atoms with Crippen LogP contribution in [-0.2, 0) is 0 Å². The van der Waals surface area contributed by atoms with E-state index in [0.717, 1.165) is 5.56 Å². The summed E-state index contributed by atoms with van der Waals surface area (Å²) in [7, 11) is 3.05. The highest BCUT2D eigenvalue weighted by Gasteiger charge is 2.13. The van der Waals surface area contributed by atoms with Crippen LogP contribution in [0.15, 0.2) is 42.5 Å². The minimum Gasteiger partial charge on any atom is -0.493 e. The molecule has 0 bridgehead atoms. The number of hydrogen-bond donors (Lipinski definition) is 0. The largest absolute Gasteiger partial charge is 0.493 e. The summed E-state index contributed by atoms with van der Waals surface area (Å²) in [6.45, 7) is 0. The van der Waals surface area contributed by atoms with E-state index in [9.17, 15) is 10.1 Å². The number of fused-ring (bicyclic) bond motifs is 1. The van der Waals surface area contributed by atoms with Crippen LogP contribution in [0.25, 0.3) is 23.1 Å². The third-order valence-corrected chi connectivity index (χ3v) is 4.10. The number of hydrogen-bond acceptors (Lipinski definition) is 5. The second-order valence-corrected chi connectivity index (χ2v) is 5.82. The maximum atomic E-state index is 11.2. The average Bonchev–Trinajstić information content (AvgIpc) is 2.65. The van der Waals surface area contributed by atoms with E-state index in [1.54, 1.807) is 48.6 Å². The van der Waals surface area contributed by atoms with Crippen LogP contribution in [0.4, 0.5) is 5.69 Å². The molecule has 0 aliphatic rings. The number of nitro benzene ring substituents is 1. The van der Waals surface area contributed by atoms with E-state index in [2.05, 4.69) is 4.98 Å². The molecule has 132 valence electrons. The Morgan fingerprint density at radius 3 is 2.62 bits per heavy atom. The van der Waals surface area contributed by atoms with Gasteiger partial charge in [-0.25, -0.2) is 4.98 Å². The molecule has 1 heterocycles. The Labute approximate surface area is 154 Å². The Bertz CT molecular complexity index is 1020. The van der Waals surface area contributed by atoms with Crippen molar-refractivity contribution in [1.82, 2.24) is 4.98 Å². The summed E-state index contributed by atoms with van der Waals surface area (Å²) in [5, 5.41) is 12.3. The van der Waals surface area contributed by atoms with Gasteiger partial charge < -0.3 is 9.47 Å². The van der Waals surface area contributed by atoms with Gasteiger partial charge in [0.1, 0.15) is 5.52 Å². The van der Waals surface area contributed by atoms with Crippen molar-refractivity contribution in [3.8, 4) is 11.5 Å². The van der Waals surface area contributed by atoms with E-state index < -0.39 is 4.92 Å². The average molecular weight is 371 g/mol. The summed E-state index contributed by atoms with van der Waals surface area (Å²) in [5.41, 5.74) is 1.71. The smallest absolute Gasteiger partial charge is 0.295 e. The molecular formula is C19H15ClN2O4. The highest BCUT2D eigenvalue weighted by molar-refractivity contribution is 6.32. The summed E-state index contributed by atoms with van der Waals surface area (Å²) in [6, 6.07) is 12.0. The van der Waals surface area contributed by atoms with E-state index >= 15 is 0 Å². The van der Waals surface area contributed by atoms with Crippen LogP contribution in [0.1, 0.15) is 11.3 Å². The van der Waals surface area contributed by atoms with Crippen molar-refractivity contribution in [3.63, 3.8) is 0 Å². The first-order valence-electron chi connectivity index (χ1n) is 7.67. The molecule has 0 saturated heterocycles. The number of halogens is 1. The molecule has 0 aliphatic carbocycles. The number of benzene rings is 2. The molecular weight excluding hydrogens is 356 g/mol. The van der Waals surface area contributed by atoms with Crippen molar-refractivity contribution in [2.75, 3.05) is 14.2 Å². The summed E-state index contributed by atoms with van der Waals surface area (Å²) < 4.78 is 10.5. The first kappa shape index (κ1) is 17.7. The lowest BCUT2D eigenvalue weighted by Gasteiger charge is -2.10. The van der Waals surface area contributed by atoms with Crippen LogP contribution >= 0.6 is 11.6 Å². The van der Waals surface area contributed by atoms with Crippen LogP contribution in [0.2, 0.25) is 5.02 Å². The van der Waals surface area contributed by atoms with Crippen LogP contribution in [0.5, 0.6) is 11.5 Å². The summed E-state index contributed by atoms with van der Waals surface area (Å²) in [4.78, 5) is 15.1. The Morgan fingerprint density at radius 2 is 1.92 bits per heavy atom. The number of nitrogens with zero attached hydrogens (tertiary/aromatic N) is 2. The minimum absolute atomic E-state index is 0.0214. The standard InChI is InChI=1S/C19H15ClN2O4/c1-25-17-11-12(10-15(20)19(17)26-2)6-8-14-9-7-13-4-3-5-16(22(23)24)18(13)21-14/h3-11H,1-2H3/b8-6+. The van der Waals surface area contributed by atoms with Crippen molar-refractivity contribution in [1.29, 1.82) is 0 Å². The first-order chi connectivity index (χ1) is 12.5. The van der Waals surface area contributed by atoms with Gasteiger partial charge in [0.05, 0.1) is 29.9 Å². The van der Waals surface area contributed by atoms with Gasteiger partial charge in [-0.3, -0.25) is 10.1 Å². The molecule has 0 N–H and O–H groups in total. The zero-order valence-electron chi connectivity index (χ0n) is 14.1. The molecule has 0 spiro atoms. The van der Waals surface area contributed by atoms with Gasteiger partial charge in [0.2, 0.25) is 0 Å². The second kappa shape index (κ2) is 7.41. The van der Waals surface area contributed by atoms with Gasteiger partial charge in [-0.2, -0.15) is 0 Å². The highest BCUT2D eigenvalue weighted by Crippen LogP contribution is 2.36. The quantitative estimate of drug-likeness (QED) is 0.467. The maximum Gasteiger partial charge on any atom is 0.295 e. The lowest BCUT2D eigenvalue weighted by atomic mass is 10.1. The van der Waals surface area contributed by atoms with Crippen molar-refractivity contribution >= 4 is 40.3 Å². The van der Waals surface area contributed by atoms with Crippen molar-refractivity contribution in [2.24, 2.45) is 0 Å². The lowest BCUT2D eigenvalue weighted by molar-refractivity contribution is -0.383. The Balaban J connectivity index is 2.00. The van der Waals surface area contributed by atoms with E-state index in [1.165, 1.54) is 20.3 Å². The number of nitro groups is 1. The van der Waals surface area contributed by atoms with Crippen LogP contribution in [0, 0.1) is 10.1 Å². The molecule has 0 radical (unpaired) electrons. The van der Waals surface area contributed by atoms with E-state index in [0.29, 0.717) is 33.1 Å². The van der Waals surface area contributed by atoms with E-state index in [-0.39, 0.29) is 5.69 Å². The predicted molar refractivity (Wildman–Crippen MR) is 102 cm³/mol. The maximum absolute atomic E-state index is 11.2. The zero-order chi connectivity index (χ0) is 18.7. The fraction of sp³-hybridized carbons (Fsp3) is 0.105. The number of ether oxygens (including phenoxy) is 2. The van der Waals surface area contributed by atoms with Gasteiger partial charge in [0, 0.05) is 11.5 Å². The Hall–Kier alpha value is -3.12. The van der Waals surface area contributed by atoms with Gasteiger partial charge in [0.25, 0.3) is 5.69 Å². The minimum atomic E-state index is -0.434. The van der Waals surface area contributed by atoms with E-state index in [1.807, 2.05) is 0 Å². The van der Waals surface area contributed by atoms with Gasteiger partial charge in [-0.1, -0.05) is 35.9 Å². The topological polar surface area (TPSA) is 74.5 Å². The first-order valence-corrected chi connectivity index (χ1v) is 8.05. The fourth-order valence-electron chi connectivity index (χ4n) is 2.60. The highest BCUT2D eigenvalue weighted by atomic mass is 35.5. The van der Waals surface area contributed by atoms with Gasteiger partial charge in [-0.05, 0) is 29.8 Å². The molecule has 0 atom stereocenters. The van der Waals surface area contributed by atoms with Crippen LogP contribution in [0.3, 0.4) is 0 Å².